The number of para-hydroxylation sites is 1. The SMILES string of the molecule is Cc1nc(CN(C)c2nc3ccccc3cc2C)no1. The van der Waals surface area contributed by atoms with Crippen molar-refractivity contribution in [3.8, 4) is 0 Å². The molecule has 2 aromatic heterocycles. The van der Waals surface area contributed by atoms with Gasteiger partial charge in [0.1, 0.15) is 5.82 Å². The van der Waals surface area contributed by atoms with E-state index in [4.69, 9.17) is 9.51 Å². The molecule has 20 heavy (non-hydrogen) atoms. The van der Waals surface area contributed by atoms with Crippen molar-refractivity contribution >= 4 is 16.7 Å². The summed E-state index contributed by atoms with van der Waals surface area (Å²) in [5.74, 6) is 2.18. The highest BCUT2D eigenvalue weighted by Crippen LogP contribution is 2.22. The second-order valence-corrected chi connectivity index (χ2v) is 4.91. The van der Waals surface area contributed by atoms with Crippen molar-refractivity contribution in [2.45, 2.75) is 20.4 Å². The fourth-order valence-corrected chi connectivity index (χ4v) is 2.29. The van der Waals surface area contributed by atoms with Crippen LogP contribution in [0.25, 0.3) is 10.9 Å². The van der Waals surface area contributed by atoms with E-state index in [-0.39, 0.29) is 0 Å². The van der Waals surface area contributed by atoms with Gasteiger partial charge >= 0.3 is 0 Å². The van der Waals surface area contributed by atoms with Crippen LogP contribution in [0.3, 0.4) is 0 Å². The largest absolute Gasteiger partial charge is 0.352 e. The maximum absolute atomic E-state index is 4.99. The highest BCUT2D eigenvalue weighted by Gasteiger charge is 2.11. The molecule has 0 fully saturated rings. The number of aryl methyl sites for hydroxylation is 2. The third-order valence-electron chi connectivity index (χ3n) is 3.20. The highest BCUT2D eigenvalue weighted by molar-refractivity contribution is 5.81. The molecule has 102 valence electrons. The molecule has 0 saturated heterocycles. The van der Waals surface area contributed by atoms with Gasteiger partial charge < -0.3 is 9.42 Å². The first-order valence-corrected chi connectivity index (χ1v) is 6.50. The lowest BCUT2D eigenvalue weighted by Gasteiger charge is -2.19. The highest BCUT2D eigenvalue weighted by atomic mass is 16.5. The minimum atomic E-state index is 0.573. The van der Waals surface area contributed by atoms with Crippen LogP contribution in [0.2, 0.25) is 0 Å². The summed E-state index contributed by atoms with van der Waals surface area (Å²) in [6.07, 6.45) is 0. The minimum absolute atomic E-state index is 0.573. The normalized spacial score (nSPS) is 10.9. The van der Waals surface area contributed by atoms with Crippen LogP contribution in [0.5, 0.6) is 0 Å². The third-order valence-corrected chi connectivity index (χ3v) is 3.20. The summed E-state index contributed by atoms with van der Waals surface area (Å²) >= 11 is 0. The lowest BCUT2D eigenvalue weighted by atomic mass is 10.1. The van der Waals surface area contributed by atoms with Crippen molar-refractivity contribution in [3.05, 3.63) is 47.6 Å². The van der Waals surface area contributed by atoms with Gasteiger partial charge in [0, 0.05) is 19.4 Å². The van der Waals surface area contributed by atoms with E-state index in [1.165, 1.54) is 0 Å². The summed E-state index contributed by atoms with van der Waals surface area (Å²) in [6, 6.07) is 10.3. The summed E-state index contributed by atoms with van der Waals surface area (Å²) in [7, 11) is 1.98. The Labute approximate surface area is 117 Å². The number of hydrogen-bond donors (Lipinski definition) is 0. The molecule has 1 aromatic carbocycles. The van der Waals surface area contributed by atoms with Crippen LogP contribution in [0.15, 0.2) is 34.9 Å². The molecule has 0 radical (unpaired) electrons. The Morgan fingerprint density at radius 3 is 2.70 bits per heavy atom. The molecule has 0 aliphatic heterocycles. The quantitative estimate of drug-likeness (QED) is 0.731. The van der Waals surface area contributed by atoms with E-state index in [1.54, 1.807) is 6.92 Å². The molecule has 3 rings (SSSR count). The van der Waals surface area contributed by atoms with E-state index in [0.717, 1.165) is 22.3 Å². The average Bonchev–Trinajstić information content (AvgIpc) is 2.83. The zero-order chi connectivity index (χ0) is 14.1. The first-order valence-electron chi connectivity index (χ1n) is 6.50. The molecule has 3 aromatic rings. The van der Waals surface area contributed by atoms with Gasteiger partial charge in [-0.05, 0) is 24.6 Å². The molecule has 0 unspecified atom stereocenters. The van der Waals surface area contributed by atoms with Gasteiger partial charge in [0.25, 0.3) is 0 Å². The molecule has 5 nitrogen and oxygen atoms in total. The van der Waals surface area contributed by atoms with Gasteiger partial charge in [0.15, 0.2) is 5.82 Å². The van der Waals surface area contributed by atoms with Crippen LogP contribution in [0.1, 0.15) is 17.3 Å². The number of fused-ring (bicyclic) bond motifs is 1. The zero-order valence-corrected chi connectivity index (χ0v) is 11.8. The van der Waals surface area contributed by atoms with Crippen molar-refractivity contribution in [3.63, 3.8) is 0 Å². The van der Waals surface area contributed by atoms with Crippen molar-refractivity contribution < 1.29 is 4.52 Å². The molecular formula is C15H16N4O. The van der Waals surface area contributed by atoms with E-state index in [1.807, 2.05) is 30.1 Å². The second kappa shape index (κ2) is 4.92. The van der Waals surface area contributed by atoms with Crippen LogP contribution in [0, 0.1) is 13.8 Å². The van der Waals surface area contributed by atoms with Gasteiger partial charge in [-0.15, -0.1) is 0 Å². The molecule has 0 spiro atoms. The van der Waals surface area contributed by atoms with E-state index >= 15 is 0 Å². The zero-order valence-electron chi connectivity index (χ0n) is 11.8. The molecule has 0 amide bonds. The number of benzene rings is 1. The summed E-state index contributed by atoms with van der Waals surface area (Å²) in [4.78, 5) is 11.0. The smallest absolute Gasteiger partial charge is 0.223 e. The van der Waals surface area contributed by atoms with E-state index in [0.29, 0.717) is 18.3 Å². The van der Waals surface area contributed by atoms with Crippen molar-refractivity contribution in [2.24, 2.45) is 0 Å². The summed E-state index contributed by atoms with van der Waals surface area (Å²) in [6.45, 7) is 4.42. The van der Waals surface area contributed by atoms with Crippen molar-refractivity contribution in [1.29, 1.82) is 0 Å². The molecule has 0 N–H and O–H groups in total. The topological polar surface area (TPSA) is 55.1 Å². The Morgan fingerprint density at radius 1 is 1.15 bits per heavy atom. The van der Waals surface area contributed by atoms with Gasteiger partial charge in [-0.2, -0.15) is 4.98 Å². The number of hydrogen-bond acceptors (Lipinski definition) is 5. The predicted octanol–water partition coefficient (Wildman–Crippen LogP) is 2.87. The van der Waals surface area contributed by atoms with Gasteiger partial charge in [-0.25, -0.2) is 4.98 Å². The fraction of sp³-hybridized carbons (Fsp3) is 0.267. The Morgan fingerprint density at radius 2 is 1.95 bits per heavy atom. The number of nitrogens with zero attached hydrogens (tertiary/aromatic N) is 4. The van der Waals surface area contributed by atoms with Crippen molar-refractivity contribution in [1.82, 2.24) is 15.1 Å². The first kappa shape index (κ1) is 12.6. The number of rotatable bonds is 3. The standard InChI is InChI=1S/C15H16N4O/c1-10-8-12-6-4-5-7-13(12)17-15(10)19(3)9-14-16-11(2)20-18-14/h4-8H,9H2,1-3H3. The van der Waals surface area contributed by atoms with E-state index in [2.05, 4.69) is 29.2 Å². The number of pyridine rings is 1. The molecule has 0 atom stereocenters. The number of anilines is 1. The van der Waals surface area contributed by atoms with Gasteiger partial charge in [0.05, 0.1) is 12.1 Å². The van der Waals surface area contributed by atoms with Gasteiger partial charge in [0.2, 0.25) is 5.89 Å². The Kier molecular flexibility index (Phi) is 3.10. The van der Waals surface area contributed by atoms with Crippen LogP contribution >= 0.6 is 0 Å². The Bertz CT molecular complexity index is 750. The van der Waals surface area contributed by atoms with Crippen molar-refractivity contribution in [2.75, 3.05) is 11.9 Å². The Hall–Kier alpha value is -2.43. The molecule has 0 aliphatic rings. The lowest BCUT2D eigenvalue weighted by molar-refractivity contribution is 0.387. The molecular weight excluding hydrogens is 252 g/mol. The van der Waals surface area contributed by atoms with Crippen LogP contribution in [-0.2, 0) is 6.54 Å². The van der Waals surface area contributed by atoms with E-state index < -0.39 is 0 Å². The van der Waals surface area contributed by atoms with Gasteiger partial charge in [-0.1, -0.05) is 23.4 Å². The fourth-order valence-electron chi connectivity index (χ4n) is 2.29. The summed E-state index contributed by atoms with van der Waals surface area (Å²) < 4.78 is 4.99. The summed E-state index contributed by atoms with van der Waals surface area (Å²) in [5, 5.41) is 5.07. The average molecular weight is 268 g/mol. The van der Waals surface area contributed by atoms with Gasteiger partial charge in [-0.3, -0.25) is 0 Å². The monoisotopic (exact) mass is 268 g/mol. The second-order valence-electron chi connectivity index (χ2n) is 4.91. The van der Waals surface area contributed by atoms with Crippen LogP contribution in [-0.4, -0.2) is 22.2 Å². The maximum atomic E-state index is 4.99. The molecule has 0 bridgehead atoms. The van der Waals surface area contributed by atoms with Crippen LogP contribution < -0.4 is 4.90 Å². The lowest BCUT2D eigenvalue weighted by Crippen LogP contribution is -2.19. The minimum Gasteiger partial charge on any atom is -0.352 e. The number of aromatic nitrogens is 3. The molecule has 0 saturated carbocycles. The maximum Gasteiger partial charge on any atom is 0.223 e. The summed E-state index contributed by atoms with van der Waals surface area (Å²) in [5.41, 5.74) is 2.12. The van der Waals surface area contributed by atoms with E-state index in [9.17, 15) is 0 Å². The predicted molar refractivity (Wildman–Crippen MR) is 77.6 cm³/mol. The molecule has 2 heterocycles. The Balaban J connectivity index is 1.94. The molecule has 0 aliphatic carbocycles. The molecule has 5 heteroatoms. The third kappa shape index (κ3) is 2.34. The first-order chi connectivity index (χ1) is 9.63. The van der Waals surface area contributed by atoms with Crippen LogP contribution in [0.4, 0.5) is 5.82 Å².